The molecule has 0 radical (unpaired) electrons. The quantitative estimate of drug-likeness (QED) is 0.786. The van der Waals surface area contributed by atoms with Crippen molar-refractivity contribution in [2.75, 3.05) is 6.54 Å². The van der Waals surface area contributed by atoms with Gasteiger partial charge in [0, 0.05) is 24.6 Å². The van der Waals surface area contributed by atoms with E-state index in [4.69, 9.17) is 18.0 Å². The van der Waals surface area contributed by atoms with Crippen molar-refractivity contribution in [2.45, 2.75) is 31.9 Å². The number of hydrogen-bond acceptors (Lipinski definition) is 3. The first-order valence-electron chi connectivity index (χ1n) is 6.61. The molecule has 0 bridgehead atoms. The zero-order valence-corrected chi connectivity index (χ0v) is 12.1. The van der Waals surface area contributed by atoms with Crippen molar-refractivity contribution in [3.05, 3.63) is 29.8 Å². The van der Waals surface area contributed by atoms with E-state index in [1.54, 1.807) is 4.90 Å². The summed E-state index contributed by atoms with van der Waals surface area (Å²) >= 11 is 4.83. The number of nitrogens with zero attached hydrogens (tertiary/aromatic N) is 1. The minimum Gasteiger partial charge on any atom is -0.435 e. The van der Waals surface area contributed by atoms with Crippen LogP contribution in [0.3, 0.4) is 0 Å². The van der Waals surface area contributed by atoms with Gasteiger partial charge in [-0.05, 0) is 37.1 Å². The van der Waals surface area contributed by atoms with Crippen molar-refractivity contribution in [1.29, 1.82) is 0 Å². The largest absolute Gasteiger partial charge is 0.435 e. The third kappa shape index (κ3) is 4.63. The van der Waals surface area contributed by atoms with Gasteiger partial charge < -0.3 is 15.4 Å². The number of carbonyl (C=O) groups is 1. The standard InChI is InChI=1S/C14H16F2N2O2S/c15-14(16)20-11-5-1-9(2-6-11)13(19)18(10-3-4-10)8-7-12(17)21/h1-2,5-6,10,14H,3-4,7-8H2,(H2,17,21). The molecule has 4 nitrogen and oxygen atoms in total. The van der Waals surface area contributed by atoms with Gasteiger partial charge in [-0.2, -0.15) is 8.78 Å². The van der Waals surface area contributed by atoms with Crippen LogP contribution in [0, 0.1) is 0 Å². The minimum absolute atomic E-state index is 0.0302. The van der Waals surface area contributed by atoms with E-state index in [0.29, 0.717) is 23.5 Å². The lowest BCUT2D eigenvalue weighted by Crippen LogP contribution is -2.35. The summed E-state index contributed by atoms with van der Waals surface area (Å²) in [5.74, 6) is -0.111. The molecule has 114 valence electrons. The SMILES string of the molecule is NC(=S)CCN(C(=O)c1ccc(OC(F)F)cc1)C1CC1. The van der Waals surface area contributed by atoms with Gasteiger partial charge in [0.1, 0.15) is 5.75 Å². The van der Waals surface area contributed by atoms with Crippen LogP contribution in [0.1, 0.15) is 29.6 Å². The molecule has 1 aliphatic carbocycles. The van der Waals surface area contributed by atoms with E-state index in [1.165, 1.54) is 24.3 Å². The first-order valence-corrected chi connectivity index (χ1v) is 7.02. The lowest BCUT2D eigenvalue weighted by atomic mass is 10.2. The Morgan fingerprint density at radius 1 is 1.38 bits per heavy atom. The molecule has 21 heavy (non-hydrogen) atoms. The van der Waals surface area contributed by atoms with Crippen LogP contribution in [0.4, 0.5) is 8.78 Å². The summed E-state index contributed by atoms with van der Waals surface area (Å²) in [6, 6.07) is 5.91. The van der Waals surface area contributed by atoms with E-state index in [9.17, 15) is 13.6 Å². The zero-order chi connectivity index (χ0) is 15.4. The number of rotatable bonds is 7. The van der Waals surface area contributed by atoms with Crippen molar-refractivity contribution in [3.63, 3.8) is 0 Å². The molecule has 0 heterocycles. The number of hydrogen-bond donors (Lipinski definition) is 1. The van der Waals surface area contributed by atoms with E-state index in [1.807, 2.05) is 0 Å². The van der Waals surface area contributed by atoms with Gasteiger partial charge >= 0.3 is 6.61 Å². The predicted molar refractivity (Wildman–Crippen MR) is 78.5 cm³/mol. The minimum atomic E-state index is -2.87. The second-order valence-corrected chi connectivity index (χ2v) is 5.37. The van der Waals surface area contributed by atoms with Crippen molar-refractivity contribution in [1.82, 2.24) is 4.90 Å². The topological polar surface area (TPSA) is 55.6 Å². The predicted octanol–water partition coefficient (Wildman–Crippen LogP) is 2.57. The molecule has 0 aromatic heterocycles. The van der Waals surface area contributed by atoms with Crippen LogP contribution in [-0.4, -0.2) is 35.0 Å². The Morgan fingerprint density at radius 2 is 2.00 bits per heavy atom. The fraction of sp³-hybridized carbons (Fsp3) is 0.429. The third-order valence-corrected chi connectivity index (χ3v) is 3.38. The molecule has 0 saturated heterocycles. The van der Waals surface area contributed by atoms with E-state index in [2.05, 4.69) is 4.74 Å². The Bertz CT molecular complexity index is 518. The Kier molecular flexibility index (Phi) is 5.06. The van der Waals surface area contributed by atoms with Crippen LogP contribution >= 0.6 is 12.2 Å². The monoisotopic (exact) mass is 314 g/mol. The average molecular weight is 314 g/mol. The summed E-state index contributed by atoms with van der Waals surface area (Å²) in [4.78, 5) is 14.5. The van der Waals surface area contributed by atoms with E-state index >= 15 is 0 Å². The number of nitrogens with two attached hydrogens (primary N) is 1. The van der Waals surface area contributed by atoms with Gasteiger partial charge in [-0.25, -0.2) is 0 Å². The second kappa shape index (κ2) is 6.80. The summed E-state index contributed by atoms with van der Waals surface area (Å²) in [6.45, 7) is -2.39. The number of carbonyl (C=O) groups excluding carboxylic acids is 1. The molecule has 0 spiro atoms. The number of halogens is 2. The summed E-state index contributed by atoms with van der Waals surface area (Å²) in [7, 11) is 0. The molecule has 1 saturated carbocycles. The van der Waals surface area contributed by atoms with E-state index in [0.717, 1.165) is 12.8 Å². The maximum atomic E-state index is 12.4. The first kappa shape index (κ1) is 15.6. The first-order chi connectivity index (χ1) is 9.97. The van der Waals surface area contributed by atoms with Crippen molar-refractivity contribution >= 4 is 23.1 Å². The normalized spacial score (nSPS) is 14.0. The molecule has 0 unspecified atom stereocenters. The molecule has 1 aromatic rings. The van der Waals surface area contributed by atoms with Crippen molar-refractivity contribution in [3.8, 4) is 5.75 Å². The fourth-order valence-corrected chi connectivity index (χ4v) is 2.10. The van der Waals surface area contributed by atoms with Gasteiger partial charge in [0.15, 0.2) is 0 Å². The number of alkyl halides is 2. The lowest BCUT2D eigenvalue weighted by Gasteiger charge is -2.22. The Morgan fingerprint density at radius 3 is 2.48 bits per heavy atom. The van der Waals surface area contributed by atoms with E-state index < -0.39 is 6.61 Å². The number of amides is 1. The van der Waals surface area contributed by atoms with Crippen molar-refractivity contribution in [2.24, 2.45) is 5.73 Å². The molecule has 7 heteroatoms. The summed E-state index contributed by atoms with van der Waals surface area (Å²) in [5.41, 5.74) is 5.91. The smallest absolute Gasteiger partial charge is 0.387 e. The fourth-order valence-electron chi connectivity index (χ4n) is 2.01. The molecular weight excluding hydrogens is 298 g/mol. The van der Waals surface area contributed by atoms with Crippen LogP contribution in [0.25, 0.3) is 0 Å². The highest BCUT2D eigenvalue weighted by Gasteiger charge is 2.32. The Labute approximate surface area is 126 Å². The van der Waals surface area contributed by atoms with E-state index in [-0.39, 0.29) is 17.7 Å². The van der Waals surface area contributed by atoms with Crippen LogP contribution in [-0.2, 0) is 0 Å². The van der Waals surface area contributed by atoms with Crippen molar-refractivity contribution < 1.29 is 18.3 Å². The summed E-state index contributed by atoms with van der Waals surface area (Å²) in [6.07, 6.45) is 2.41. The molecule has 1 amide bonds. The van der Waals surface area contributed by atoms with Gasteiger partial charge in [-0.3, -0.25) is 4.79 Å². The Balaban J connectivity index is 2.04. The zero-order valence-electron chi connectivity index (χ0n) is 11.3. The summed E-state index contributed by atoms with van der Waals surface area (Å²) in [5, 5.41) is 0. The molecule has 2 rings (SSSR count). The van der Waals surface area contributed by atoms with Gasteiger partial charge in [0.25, 0.3) is 5.91 Å². The molecule has 1 aromatic carbocycles. The lowest BCUT2D eigenvalue weighted by molar-refractivity contribution is -0.0498. The maximum Gasteiger partial charge on any atom is 0.387 e. The van der Waals surface area contributed by atoms with Gasteiger partial charge in [-0.15, -0.1) is 0 Å². The average Bonchev–Trinajstić information content (AvgIpc) is 3.23. The third-order valence-electron chi connectivity index (χ3n) is 3.17. The maximum absolute atomic E-state index is 12.4. The number of thiocarbonyl (C=S) groups is 1. The number of benzene rings is 1. The van der Waals surface area contributed by atoms with Crippen LogP contribution < -0.4 is 10.5 Å². The second-order valence-electron chi connectivity index (χ2n) is 4.85. The number of ether oxygens (including phenoxy) is 1. The highest BCUT2D eigenvalue weighted by molar-refractivity contribution is 7.80. The highest BCUT2D eigenvalue weighted by Crippen LogP contribution is 2.28. The van der Waals surface area contributed by atoms with Crippen LogP contribution in [0.2, 0.25) is 0 Å². The van der Waals surface area contributed by atoms with Gasteiger partial charge in [-0.1, -0.05) is 12.2 Å². The molecular formula is C14H16F2N2O2S. The molecule has 1 fully saturated rings. The van der Waals surface area contributed by atoms with Gasteiger partial charge in [0.05, 0.1) is 4.99 Å². The summed E-state index contributed by atoms with van der Waals surface area (Å²) < 4.78 is 28.4. The van der Waals surface area contributed by atoms with Crippen LogP contribution in [0.5, 0.6) is 5.75 Å². The van der Waals surface area contributed by atoms with Gasteiger partial charge in [0.2, 0.25) is 0 Å². The van der Waals surface area contributed by atoms with Crippen LogP contribution in [0.15, 0.2) is 24.3 Å². The highest BCUT2D eigenvalue weighted by atomic mass is 32.1. The molecule has 0 atom stereocenters. The molecule has 2 N–H and O–H groups in total. The molecule has 0 aliphatic heterocycles. The molecule has 1 aliphatic rings. The Hall–Kier alpha value is -1.76.